The van der Waals surface area contributed by atoms with Gasteiger partial charge in [0, 0.05) is 23.2 Å². The van der Waals surface area contributed by atoms with Crippen molar-refractivity contribution in [2.45, 2.75) is 0 Å². The van der Waals surface area contributed by atoms with Crippen LogP contribution in [0, 0.1) is 0 Å². The number of ether oxygens (including phenoxy) is 1. The van der Waals surface area contributed by atoms with Gasteiger partial charge < -0.3 is 14.6 Å². The van der Waals surface area contributed by atoms with Gasteiger partial charge in [0.1, 0.15) is 11.6 Å². The highest BCUT2D eigenvalue weighted by atomic mass is 16.5. The van der Waals surface area contributed by atoms with Crippen LogP contribution in [0.1, 0.15) is 5.56 Å². The quantitative estimate of drug-likeness (QED) is 0.800. The highest BCUT2D eigenvalue weighted by Gasteiger charge is 2.13. The van der Waals surface area contributed by atoms with Crippen molar-refractivity contribution in [3.05, 3.63) is 54.1 Å². The van der Waals surface area contributed by atoms with E-state index < -0.39 is 0 Å². The number of rotatable bonds is 4. The van der Waals surface area contributed by atoms with Crippen LogP contribution in [0.3, 0.4) is 0 Å². The van der Waals surface area contributed by atoms with Crippen molar-refractivity contribution in [2.75, 3.05) is 20.2 Å². The van der Waals surface area contributed by atoms with Gasteiger partial charge >= 0.3 is 0 Å². The lowest BCUT2D eigenvalue weighted by Crippen LogP contribution is -2.19. The Balaban J connectivity index is 1.66. The van der Waals surface area contributed by atoms with Crippen LogP contribution < -0.4 is 10.1 Å². The summed E-state index contributed by atoms with van der Waals surface area (Å²) in [6, 6.07) is 15.5. The van der Waals surface area contributed by atoms with Gasteiger partial charge in [0.25, 0.3) is 5.89 Å². The van der Waals surface area contributed by atoms with Crippen LogP contribution in [0.4, 0.5) is 0 Å². The first-order chi connectivity index (χ1) is 11.8. The number of nitrogens with one attached hydrogen (secondary N) is 1. The molecule has 0 saturated carbocycles. The van der Waals surface area contributed by atoms with Crippen molar-refractivity contribution in [3.63, 3.8) is 0 Å². The Morgan fingerprint density at radius 2 is 1.88 bits per heavy atom. The predicted molar refractivity (Wildman–Crippen MR) is 91.1 cm³/mol. The van der Waals surface area contributed by atoms with Crippen LogP contribution in [-0.2, 0) is 0 Å². The molecule has 3 aromatic rings. The zero-order valence-electron chi connectivity index (χ0n) is 13.2. The van der Waals surface area contributed by atoms with Gasteiger partial charge in [-0.05, 0) is 24.3 Å². The maximum Gasteiger partial charge on any atom is 0.258 e. The molecule has 0 radical (unpaired) electrons. The molecule has 1 aliphatic heterocycles. The summed E-state index contributed by atoms with van der Waals surface area (Å²) in [4.78, 5) is 8.94. The highest BCUT2D eigenvalue weighted by Crippen LogP contribution is 2.25. The Kier molecular flexibility index (Phi) is 3.70. The van der Waals surface area contributed by atoms with E-state index in [0.717, 1.165) is 41.4 Å². The van der Waals surface area contributed by atoms with Crippen molar-refractivity contribution in [2.24, 2.45) is 4.99 Å². The molecule has 0 fully saturated rings. The Labute approximate surface area is 139 Å². The third kappa shape index (κ3) is 2.74. The van der Waals surface area contributed by atoms with Gasteiger partial charge in [0.05, 0.1) is 13.7 Å². The number of nitrogens with zero attached hydrogens (tertiary/aromatic N) is 3. The molecule has 0 saturated heterocycles. The van der Waals surface area contributed by atoms with Gasteiger partial charge in [-0.2, -0.15) is 4.98 Å². The molecular formula is C18H16N4O2. The maximum absolute atomic E-state index is 5.41. The minimum absolute atomic E-state index is 0.464. The molecule has 2 heterocycles. The van der Waals surface area contributed by atoms with Crippen molar-refractivity contribution < 1.29 is 9.26 Å². The molecule has 4 rings (SSSR count). The lowest BCUT2D eigenvalue weighted by molar-refractivity contribution is 0.413. The van der Waals surface area contributed by atoms with Gasteiger partial charge in [-0.15, -0.1) is 0 Å². The Morgan fingerprint density at radius 1 is 1.04 bits per heavy atom. The van der Waals surface area contributed by atoms with Crippen molar-refractivity contribution in [3.8, 4) is 28.6 Å². The first-order valence-corrected chi connectivity index (χ1v) is 7.71. The fraction of sp³-hybridized carbons (Fsp3) is 0.167. The number of aliphatic imine (C=N–C) groups is 1. The SMILES string of the molecule is COc1cccc(-c2nc(-c3cccc(C4=NCCN4)c3)no2)c1. The summed E-state index contributed by atoms with van der Waals surface area (Å²) >= 11 is 0. The molecule has 24 heavy (non-hydrogen) atoms. The standard InChI is InChI=1S/C18H16N4O2/c1-23-15-7-3-6-14(11-15)18-21-17(22-24-18)13-5-2-4-12(10-13)16-19-8-9-20-16/h2-7,10-11H,8-9H2,1H3,(H,19,20). The van der Waals surface area contributed by atoms with E-state index in [1.165, 1.54) is 0 Å². The van der Waals surface area contributed by atoms with Crippen LogP contribution in [0.2, 0.25) is 0 Å². The summed E-state index contributed by atoms with van der Waals surface area (Å²) in [7, 11) is 1.63. The van der Waals surface area contributed by atoms with E-state index in [1.807, 2.05) is 48.5 Å². The monoisotopic (exact) mass is 320 g/mol. The lowest BCUT2D eigenvalue weighted by atomic mass is 10.1. The summed E-state index contributed by atoms with van der Waals surface area (Å²) in [6.45, 7) is 1.68. The minimum Gasteiger partial charge on any atom is -0.497 e. The van der Waals surface area contributed by atoms with Crippen LogP contribution in [0.25, 0.3) is 22.8 Å². The van der Waals surface area contributed by atoms with Gasteiger partial charge in [0.2, 0.25) is 5.82 Å². The first kappa shape index (κ1) is 14.4. The molecule has 6 nitrogen and oxygen atoms in total. The molecule has 0 atom stereocenters. The van der Waals surface area contributed by atoms with E-state index in [2.05, 4.69) is 20.4 Å². The summed E-state index contributed by atoms with van der Waals surface area (Å²) in [5.41, 5.74) is 2.74. The molecule has 0 aliphatic carbocycles. The molecule has 0 unspecified atom stereocenters. The molecular weight excluding hydrogens is 304 g/mol. The van der Waals surface area contributed by atoms with Gasteiger partial charge in [-0.25, -0.2) is 0 Å². The largest absolute Gasteiger partial charge is 0.497 e. The number of hydrogen-bond donors (Lipinski definition) is 1. The molecule has 0 amide bonds. The smallest absolute Gasteiger partial charge is 0.258 e. The molecule has 1 aromatic heterocycles. The van der Waals surface area contributed by atoms with Crippen molar-refractivity contribution >= 4 is 5.84 Å². The van der Waals surface area contributed by atoms with E-state index in [1.54, 1.807) is 7.11 Å². The van der Waals surface area contributed by atoms with Crippen LogP contribution in [0.5, 0.6) is 5.75 Å². The Morgan fingerprint density at radius 3 is 2.71 bits per heavy atom. The van der Waals surface area contributed by atoms with Gasteiger partial charge in [-0.1, -0.05) is 29.4 Å². The number of hydrogen-bond acceptors (Lipinski definition) is 6. The fourth-order valence-corrected chi connectivity index (χ4v) is 2.61. The number of methoxy groups -OCH3 is 1. The average Bonchev–Trinajstić information content (AvgIpc) is 3.34. The number of benzene rings is 2. The second-order valence-corrected chi connectivity index (χ2v) is 5.39. The highest BCUT2D eigenvalue weighted by molar-refractivity contribution is 6.00. The van der Waals surface area contributed by atoms with Crippen LogP contribution >= 0.6 is 0 Å². The van der Waals surface area contributed by atoms with Crippen LogP contribution in [0.15, 0.2) is 58.0 Å². The topological polar surface area (TPSA) is 72.5 Å². The Hall–Kier alpha value is -3.15. The van der Waals surface area contributed by atoms with E-state index in [9.17, 15) is 0 Å². The van der Waals surface area contributed by atoms with Crippen molar-refractivity contribution in [1.82, 2.24) is 15.5 Å². The molecule has 0 spiro atoms. The fourth-order valence-electron chi connectivity index (χ4n) is 2.61. The summed E-state index contributed by atoms with van der Waals surface area (Å²) in [6.07, 6.45) is 0. The second-order valence-electron chi connectivity index (χ2n) is 5.39. The zero-order valence-corrected chi connectivity index (χ0v) is 13.2. The van der Waals surface area contributed by atoms with E-state index in [0.29, 0.717) is 11.7 Å². The average molecular weight is 320 g/mol. The molecule has 1 N–H and O–H groups in total. The second kappa shape index (κ2) is 6.16. The molecule has 0 bridgehead atoms. The normalized spacial score (nSPS) is 13.5. The Bertz CT molecular complexity index is 901. The number of aromatic nitrogens is 2. The molecule has 6 heteroatoms. The molecule has 120 valence electrons. The lowest BCUT2D eigenvalue weighted by Gasteiger charge is -2.03. The van der Waals surface area contributed by atoms with Gasteiger partial charge in [0.15, 0.2) is 0 Å². The number of amidine groups is 1. The first-order valence-electron chi connectivity index (χ1n) is 7.71. The van der Waals surface area contributed by atoms with E-state index >= 15 is 0 Å². The molecule has 1 aliphatic rings. The molecule has 2 aromatic carbocycles. The van der Waals surface area contributed by atoms with E-state index in [4.69, 9.17) is 9.26 Å². The summed E-state index contributed by atoms with van der Waals surface area (Å²) < 4.78 is 10.6. The van der Waals surface area contributed by atoms with E-state index in [-0.39, 0.29) is 0 Å². The summed E-state index contributed by atoms with van der Waals surface area (Å²) in [5.74, 6) is 2.67. The zero-order chi connectivity index (χ0) is 16.4. The van der Waals surface area contributed by atoms with Crippen LogP contribution in [-0.4, -0.2) is 36.2 Å². The van der Waals surface area contributed by atoms with Crippen molar-refractivity contribution in [1.29, 1.82) is 0 Å². The third-order valence-corrected chi connectivity index (χ3v) is 3.81. The summed E-state index contributed by atoms with van der Waals surface area (Å²) in [5, 5.41) is 7.37. The predicted octanol–water partition coefficient (Wildman–Crippen LogP) is 2.76. The van der Waals surface area contributed by atoms with Gasteiger partial charge in [-0.3, -0.25) is 4.99 Å². The minimum atomic E-state index is 0.464. The maximum atomic E-state index is 5.41. The third-order valence-electron chi connectivity index (χ3n) is 3.81.